The first-order valence-electron chi connectivity index (χ1n) is 10.5. The number of hydrogen-bond donors (Lipinski definition) is 1. The van der Waals surface area contributed by atoms with Crippen molar-refractivity contribution in [1.82, 2.24) is 10.3 Å². The van der Waals surface area contributed by atoms with Gasteiger partial charge in [-0.2, -0.15) is 0 Å². The molecule has 1 aromatic carbocycles. The molecular weight excluding hydrogens is 371 g/mol. The third kappa shape index (κ3) is 3.08. The van der Waals surface area contributed by atoms with E-state index < -0.39 is 0 Å². The van der Waals surface area contributed by atoms with Crippen LogP contribution in [0, 0.1) is 35.9 Å². The Bertz CT molecular complexity index is 869. The van der Waals surface area contributed by atoms with Crippen LogP contribution in [0.3, 0.4) is 0 Å². The molecule has 3 nitrogen and oxygen atoms in total. The monoisotopic (exact) mass is 398 g/mol. The van der Waals surface area contributed by atoms with Crippen molar-refractivity contribution >= 4 is 17.2 Å². The number of aromatic nitrogens is 1. The first kappa shape index (κ1) is 18.3. The minimum absolute atomic E-state index is 0.00777. The van der Waals surface area contributed by atoms with Crippen molar-refractivity contribution in [3.63, 3.8) is 0 Å². The second kappa shape index (κ2) is 6.65. The maximum atomic E-state index is 13.2. The molecule has 1 aromatic heterocycles. The highest BCUT2D eigenvalue weighted by molar-refractivity contribution is 7.17. The molecule has 4 aliphatic carbocycles. The molecule has 1 atom stereocenters. The van der Waals surface area contributed by atoms with Gasteiger partial charge in [0.25, 0.3) is 5.91 Å². The zero-order valence-electron chi connectivity index (χ0n) is 16.5. The molecule has 2 aromatic rings. The minimum Gasteiger partial charge on any atom is -0.348 e. The van der Waals surface area contributed by atoms with Crippen molar-refractivity contribution in [1.29, 1.82) is 0 Å². The Balaban J connectivity index is 1.34. The third-order valence-electron chi connectivity index (χ3n) is 7.45. The van der Waals surface area contributed by atoms with Gasteiger partial charge in [-0.15, -0.1) is 11.3 Å². The van der Waals surface area contributed by atoms with Gasteiger partial charge >= 0.3 is 0 Å². The van der Waals surface area contributed by atoms with Crippen LogP contribution in [0.4, 0.5) is 4.39 Å². The lowest BCUT2D eigenvalue weighted by atomic mass is 9.48. The van der Waals surface area contributed by atoms with Gasteiger partial charge in [0.05, 0.1) is 5.69 Å². The van der Waals surface area contributed by atoms with Crippen LogP contribution >= 0.6 is 11.3 Å². The Kier molecular flexibility index (Phi) is 4.34. The fraction of sp³-hybridized carbons (Fsp3) is 0.565. The lowest BCUT2D eigenvalue weighted by Gasteiger charge is -2.59. The Morgan fingerprint density at radius 1 is 1.14 bits per heavy atom. The summed E-state index contributed by atoms with van der Waals surface area (Å²) >= 11 is 1.40. The van der Waals surface area contributed by atoms with E-state index in [1.165, 1.54) is 62.0 Å². The minimum atomic E-state index is -0.264. The number of nitrogens with zero attached hydrogens (tertiary/aromatic N) is 1. The summed E-state index contributed by atoms with van der Waals surface area (Å²) in [6, 6.07) is 6.49. The van der Waals surface area contributed by atoms with Crippen molar-refractivity contribution in [3.8, 4) is 10.6 Å². The van der Waals surface area contributed by atoms with Gasteiger partial charge in [-0.25, -0.2) is 9.37 Å². The van der Waals surface area contributed by atoms with Gasteiger partial charge < -0.3 is 5.32 Å². The summed E-state index contributed by atoms with van der Waals surface area (Å²) in [5.41, 5.74) is 1.89. The quantitative estimate of drug-likeness (QED) is 0.729. The van der Waals surface area contributed by atoms with Gasteiger partial charge in [0, 0.05) is 11.6 Å². The Morgan fingerprint density at radius 3 is 2.29 bits per heavy atom. The van der Waals surface area contributed by atoms with Crippen molar-refractivity contribution in [3.05, 3.63) is 40.7 Å². The predicted molar refractivity (Wildman–Crippen MR) is 110 cm³/mol. The summed E-state index contributed by atoms with van der Waals surface area (Å²) in [5.74, 6) is 2.36. The smallest absolute Gasteiger partial charge is 0.263 e. The predicted octanol–water partition coefficient (Wildman–Crippen LogP) is 5.59. The summed E-state index contributed by atoms with van der Waals surface area (Å²) in [4.78, 5) is 18.3. The van der Waals surface area contributed by atoms with E-state index in [0.29, 0.717) is 10.3 Å². The average Bonchev–Trinajstić information content (AvgIpc) is 3.03. The van der Waals surface area contributed by atoms with Crippen LogP contribution in [0.5, 0.6) is 0 Å². The number of halogens is 1. The van der Waals surface area contributed by atoms with Gasteiger partial charge in [0.15, 0.2) is 0 Å². The number of nitrogens with one attached hydrogen (secondary N) is 1. The van der Waals surface area contributed by atoms with E-state index in [4.69, 9.17) is 0 Å². The molecule has 1 amide bonds. The number of amides is 1. The number of rotatable bonds is 4. The topological polar surface area (TPSA) is 42.0 Å². The Morgan fingerprint density at radius 2 is 1.71 bits per heavy atom. The summed E-state index contributed by atoms with van der Waals surface area (Å²) in [7, 11) is 0. The highest BCUT2D eigenvalue weighted by Crippen LogP contribution is 2.61. The van der Waals surface area contributed by atoms with Crippen molar-refractivity contribution in [2.24, 2.45) is 23.2 Å². The lowest BCUT2D eigenvalue weighted by Crippen LogP contribution is -2.55. The number of carbonyl (C=O) groups excluding carboxylic acids is 1. The molecule has 28 heavy (non-hydrogen) atoms. The largest absolute Gasteiger partial charge is 0.348 e. The molecule has 1 N–H and O–H groups in total. The molecule has 4 fully saturated rings. The van der Waals surface area contributed by atoms with Crippen molar-refractivity contribution in [2.45, 2.75) is 58.4 Å². The van der Waals surface area contributed by atoms with Crippen molar-refractivity contribution in [2.75, 3.05) is 0 Å². The van der Waals surface area contributed by atoms with E-state index in [2.05, 4.69) is 17.2 Å². The first-order chi connectivity index (χ1) is 13.4. The average molecular weight is 399 g/mol. The van der Waals surface area contributed by atoms with E-state index >= 15 is 0 Å². The normalized spacial score (nSPS) is 31.8. The maximum Gasteiger partial charge on any atom is 0.263 e. The second-order valence-electron chi connectivity index (χ2n) is 9.42. The Hall–Kier alpha value is -1.75. The first-order valence-corrected chi connectivity index (χ1v) is 11.3. The van der Waals surface area contributed by atoms with Gasteiger partial charge in [-0.3, -0.25) is 4.79 Å². The summed E-state index contributed by atoms with van der Waals surface area (Å²) in [6.07, 6.45) is 8.08. The van der Waals surface area contributed by atoms with Crippen LogP contribution in [0.2, 0.25) is 0 Å². The number of hydrogen-bond acceptors (Lipinski definition) is 3. The zero-order valence-corrected chi connectivity index (χ0v) is 17.3. The van der Waals surface area contributed by atoms with Crippen LogP contribution in [0.25, 0.3) is 10.6 Å². The summed E-state index contributed by atoms with van der Waals surface area (Å²) < 4.78 is 13.2. The number of benzene rings is 1. The molecule has 1 heterocycles. The van der Waals surface area contributed by atoms with Gasteiger partial charge in [0.2, 0.25) is 0 Å². The number of carbonyl (C=O) groups is 1. The van der Waals surface area contributed by atoms with Crippen LogP contribution < -0.4 is 5.32 Å². The molecule has 4 saturated carbocycles. The molecule has 0 spiro atoms. The Labute approximate surface area is 169 Å². The van der Waals surface area contributed by atoms with Crippen LogP contribution in [-0.4, -0.2) is 16.9 Å². The SMILES string of the molecule is Cc1nc(-c2ccc(F)cc2)sc1C(=O)NC(C)C12CC3CC(CC(C3)C1)C2. The molecule has 148 valence electrons. The number of thiazole rings is 1. The van der Waals surface area contributed by atoms with E-state index in [0.717, 1.165) is 34.0 Å². The molecule has 0 radical (unpaired) electrons. The van der Waals surface area contributed by atoms with Gasteiger partial charge in [0.1, 0.15) is 15.7 Å². The number of aryl methyl sites for hydroxylation is 1. The molecule has 0 saturated heterocycles. The molecule has 4 bridgehead atoms. The maximum absolute atomic E-state index is 13.2. The van der Waals surface area contributed by atoms with Crippen LogP contribution in [0.15, 0.2) is 24.3 Å². The molecule has 5 heteroatoms. The van der Waals surface area contributed by atoms with Crippen LogP contribution in [-0.2, 0) is 0 Å². The highest BCUT2D eigenvalue weighted by Gasteiger charge is 2.53. The van der Waals surface area contributed by atoms with Crippen LogP contribution in [0.1, 0.15) is 60.8 Å². The van der Waals surface area contributed by atoms with E-state index in [-0.39, 0.29) is 17.8 Å². The van der Waals surface area contributed by atoms with E-state index in [9.17, 15) is 9.18 Å². The molecule has 6 rings (SSSR count). The molecular formula is C23H27FN2OS. The summed E-state index contributed by atoms with van der Waals surface area (Å²) in [6.45, 7) is 4.09. The fourth-order valence-corrected chi connectivity index (χ4v) is 7.42. The lowest BCUT2D eigenvalue weighted by molar-refractivity contribution is -0.0687. The van der Waals surface area contributed by atoms with E-state index in [1.54, 1.807) is 12.1 Å². The summed E-state index contributed by atoms with van der Waals surface area (Å²) in [5, 5.41) is 4.11. The molecule has 4 aliphatic rings. The fourth-order valence-electron chi connectivity index (χ4n) is 6.45. The highest BCUT2D eigenvalue weighted by atomic mass is 32.1. The molecule has 1 unspecified atom stereocenters. The van der Waals surface area contributed by atoms with E-state index in [1.807, 2.05) is 6.92 Å². The zero-order chi connectivity index (χ0) is 19.5. The van der Waals surface area contributed by atoms with Gasteiger partial charge in [-0.1, -0.05) is 0 Å². The van der Waals surface area contributed by atoms with Gasteiger partial charge in [-0.05, 0) is 99.8 Å². The third-order valence-corrected chi connectivity index (χ3v) is 8.65. The van der Waals surface area contributed by atoms with Crippen molar-refractivity contribution < 1.29 is 9.18 Å². The molecule has 0 aliphatic heterocycles. The standard InChI is InChI=1S/C23H27FN2OS/c1-13-20(28-22(25-13)18-3-5-19(24)6-4-18)21(27)26-14(2)23-10-15-7-16(11-23)9-17(8-15)12-23/h3-6,14-17H,7-12H2,1-2H3,(H,26,27). The second-order valence-corrected chi connectivity index (χ2v) is 10.4.